The Labute approximate surface area is 143 Å². The minimum absolute atomic E-state index is 0.138. The van der Waals surface area contributed by atoms with Gasteiger partial charge in [0.1, 0.15) is 11.5 Å². The highest BCUT2D eigenvalue weighted by Crippen LogP contribution is 2.57. The molecule has 2 atom stereocenters. The van der Waals surface area contributed by atoms with Crippen molar-refractivity contribution in [2.24, 2.45) is 5.92 Å². The summed E-state index contributed by atoms with van der Waals surface area (Å²) in [6, 6.07) is 3.33. The minimum atomic E-state index is -0.781. The van der Waals surface area contributed by atoms with Gasteiger partial charge in [-0.1, -0.05) is 0 Å². The normalized spacial score (nSPS) is 21.0. The highest BCUT2D eigenvalue weighted by molar-refractivity contribution is 5.95. The number of hydrogen-bond acceptors (Lipinski definition) is 3. The van der Waals surface area contributed by atoms with Crippen molar-refractivity contribution in [3.63, 3.8) is 0 Å². The number of aromatic nitrogens is 2. The molecule has 1 aromatic heterocycles. The van der Waals surface area contributed by atoms with Crippen LogP contribution in [0.3, 0.4) is 0 Å². The lowest BCUT2D eigenvalue weighted by Gasteiger charge is -2.23. The van der Waals surface area contributed by atoms with Crippen LogP contribution in [-0.2, 0) is 6.42 Å². The number of rotatable bonds is 4. The summed E-state index contributed by atoms with van der Waals surface area (Å²) in [7, 11) is 0. The lowest BCUT2D eigenvalue weighted by atomic mass is 10.1. The maximum absolute atomic E-state index is 14.2. The Morgan fingerprint density at radius 2 is 2.20 bits per heavy atom. The molecule has 7 heteroatoms. The first-order valence-electron chi connectivity index (χ1n) is 8.31. The van der Waals surface area contributed by atoms with Gasteiger partial charge < -0.3 is 10.4 Å². The molecule has 1 saturated carbocycles. The summed E-state index contributed by atoms with van der Waals surface area (Å²) < 4.78 is 28.8. The molecule has 2 aromatic rings. The molecule has 1 fully saturated rings. The average Bonchev–Trinajstić information content (AvgIpc) is 3.05. The third-order valence-corrected chi connectivity index (χ3v) is 4.97. The standard InChI is InChI=1S/C18H19F2N3O2/c1-18(2,8-24)21-17(25)16-15-11-5-9(11)6-14(15)23(22-16)13-4-3-10(19)7-12(13)20/h3-4,7,9,11,24H,5-6,8H2,1-2H3,(H,21,25). The summed E-state index contributed by atoms with van der Waals surface area (Å²) in [5, 5.41) is 16.5. The summed E-state index contributed by atoms with van der Waals surface area (Å²) in [6.45, 7) is 3.21. The van der Waals surface area contributed by atoms with Crippen LogP contribution in [0.4, 0.5) is 8.78 Å². The van der Waals surface area contributed by atoms with E-state index in [2.05, 4.69) is 10.4 Å². The molecule has 5 nitrogen and oxygen atoms in total. The van der Waals surface area contributed by atoms with Crippen LogP contribution in [0.5, 0.6) is 0 Å². The number of halogens is 2. The first kappa shape index (κ1) is 16.2. The highest BCUT2D eigenvalue weighted by atomic mass is 19.1. The molecule has 1 amide bonds. The monoisotopic (exact) mass is 347 g/mol. The molecule has 132 valence electrons. The second kappa shape index (κ2) is 5.36. The Hall–Kier alpha value is -2.28. The molecule has 2 N–H and O–H groups in total. The van der Waals surface area contributed by atoms with Crippen LogP contribution in [0.2, 0.25) is 0 Å². The quantitative estimate of drug-likeness (QED) is 0.892. The van der Waals surface area contributed by atoms with Gasteiger partial charge in [0.25, 0.3) is 5.91 Å². The number of nitrogens with one attached hydrogen (secondary N) is 1. The van der Waals surface area contributed by atoms with Crippen molar-refractivity contribution in [1.29, 1.82) is 0 Å². The van der Waals surface area contributed by atoms with Crippen LogP contribution in [0.25, 0.3) is 5.69 Å². The lowest BCUT2D eigenvalue weighted by Crippen LogP contribution is -2.46. The highest BCUT2D eigenvalue weighted by Gasteiger charge is 2.50. The van der Waals surface area contributed by atoms with Gasteiger partial charge in [-0.25, -0.2) is 13.5 Å². The summed E-state index contributed by atoms with van der Waals surface area (Å²) in [5.41, 5.74) is 1.31. The molecule has 0 spiro atoms. The van der Waals surface area contributed by atoms with Gasteiger partial charge in [-0.3, -0.25) is 4.79 Å². The molecule has 2 aliphatic carbocycles. The first-order valence-corrected chi connectivity index (χ1v) is 8.31. The van der Waals surface area contributed by atoms with E-state index in [-0.39, 0.29) is 29.8 Å². The number of fused-ring (bicyclic) bond motifs is 3. The zero-order valence-electron chi connectivity index (χ0n) is 14.0. The fourth-order valence-electron chi connectivity index (χ4n) is 3.55. The van der Waals surface area contributed by atoms with E-state index >= 15 is 0 Å². The van der Waals surface area contributed by atoms with E-state index in [4.69, 9.17) is 0 Å². The van der Waals surface area contributed by atoms with Crippen LogP contribution in [0.1, 0.15) is 47.9 Å². The van der Waals surface area contributed by atoms with Gasteiger partial charge in [0.15, 0.2) is 11.5 Å². The molecular formula is C18H19F2N3O2. The second-order valence-corrected chi connectivity index (χ2v) is 7.52. The molecule has 0 saturated heterocycles. The minimum Gasteiger partial charge on any atom is -0.394 e. The fraction of sp³-hybridized carbons (Fsp3) is 0.444. The number of carbonyl (C=O) groups excluding carboxylic acids is 1. The van der Waals surface area contributed by atoms with E-state index < -0.39 is 17.2 Å². The number of aliphatic hydroxyl groups is 1. The molecule has 25 heavy (non-hydrogen) atoms. The Bertz CT molecular complexity index is 875. The van der Waals surface area contributed by atoms with Crippen LogP contribution >= 0.6 is 0 Å². The van der Waals surface area contributed by atoms with Gasteiger partial charge in [-0.2, -0.15) is 5.10 Å². The number of nitrogens with zero attached hydrogens (tertiary/aromatic N) is 2. The SMILES string of the molecule is CC(C)(CO)NC(=O)c1nn(-c2ccc(F)cc2F)c2c1C1CC1C2. The molecule has 4 rings (SSSR count). The van der Waals surface area contributed by atoms with Crippen molar-refractivity contribution in [3.8, 4) is 5.69 Å². The van der Waals surface area contributed by atoms with Crippen molar-refractivity contribution in [1.82, 2.24) is 15.1 Å². The third-order valence-electron chi connectivity index (χ3n) is 4.97. The maximum Gasteiger partial charge on any atom is 0.272 e. The Kier molecular flexibility index (Phi) is 3.47. The fourth-order valence-corrected chi connectivity index (χ4v) is 3.55. The van der Waals surface area contributed by atoms with Gasteiger partial charge in [0.05, 0.1) is 12.1 Å². The van der Waals surface area contributed by atoms with Gasteiger partial charge in [-0.15, -0.1) is 0 Å². The summed E-state index contributed by atoms with van der Waals surface area (Å²) in [6.07, 6.45) is 1.74. The van der Waals surface area contributed by atoms with E-state index in [1.54, 1.807) is 13.8 Å². The Morgan fingerprint density at radius 3 is 2.88 bits per heavy atom. The van der Waals surface area contributed by atoms with E-state index in [0.29, 0.717) is 5.92 Å². The Morgan fingerprint density at radius 1 is 1.44 bits per heavy atom. The summed E-state index contributed by atoms with van der Waals surface area (Å²) in [4.78, 5) is 12.7. The van der Waals surface area contributed by atoms with Crippen molar-refractivity contribution in [2.75, 3.05) is 6.61 Å². The molecule has 2 aliphatic rings. The van der Waals surface area contributed by atoms with Gasteiger partial charge in [0, 0.05) is 17.3 Å². The average molecular weight is 347 g/mol. The van der Waals surface area contributed by atoms with Crippen LogP contribution in [0.15, 0.2) is 18.2 Å². The molecule has 0 bridgehead atoms. The molecule has 1 heterocycles. The van der Waals surface area contributed by atoms with E-state index in [9.17, 15) is 18.7 Å². The number of amides is 1. The van der Waals surface area contributed by atoms with Crippen LogP contribution in [-0.4, -0.2) is 32.9 Å². The van der Waals surface area contributed by atoms with E-state index in [1.807, 2.05) is 0 Å². The molecule has 2 unspecified atom stereocenters. The zero-order chi connectivity index (χ0) is 17.9. The van der Waals surface area contributed by atoms with Crippen LogP contribution < -0.4 is 5.32 Å². The zero-order valence-corrected chi connectivity index (χ0v) is 14.0. The summed E-state index contributed by atoms with van der Waals surface area (Å²) in [5.74, 6) is -1.00. The molecule has 0 aliphatic heterocycles. The third kappa shape index (κ3) is 2.63. The van der Waals surface area contributed by atoms with E-state index in [0.717, 1.165) is 30.2 Å². The smallest absolute Gasteiger partial charge is 0.272 e. The second-order valence-electron chi connectivity index (χ2n) is 7.52. The maximum atomic E-state index is 14.2. The number of hydrogen-bond donors (Lipinski definition) is 2. The van der Waals surface area contributed by atoms with Crippen molar-refractivity contribution in [3.05, 3.63) is 46.8 Å². The number of aliphatic hydroxyl groups excluding tert-OH is 1. The van der Waals surface area contributed by atoms with Crippen molar-refractivity contribution < 1.29 is 18.7 Å². The number of carbonyl (C=O) groups is 1. The predicted octanol–water partition coefficient (Wildman–Crippen LogP) is 2.31. The summed E-state index contributed by atoms with van der Waals surface area (Å²) >= 11 is 0. The first-order chi connectivity index (χ1) is 11.8. The van der Waals surface area contributed by atoms with Crippen molar-refractivity contribution in [2.45, 2.75) is 38.1 Å². The van der Waals surface area contributed by atoms with E-state index in [1.165, 1.54) is 16.8 Å². The van der Waals surface area contributed by atoms with Crippen LogP contribution in [0, 0.1) is 17.6 Å². The molecule has 0 radical (unpaired) electrons. The van der Waals surface area contributed by atoms with Gasteiger partial charge in [-0.05, 0) is 50.7 Å². The topological polar surface area (TPSA) is 67.2 Å². The predicted molar refractivity (Wildman–Crippen MR) is 86.7 cm³/mol. The van der Waals surface area contributed by atoms with Gasteiger partial charge >= 0.3 is 0 Å². The largest absolute Gasteiger partial charge is 0.394 e. The number of benzene rings is 1. The molecular weight excluding hydrogens is 328 g/mol. The van der Waals surface area contributed by atoms with Gasteiger partial charge in [0.2, 0.25) is 0 Å². The lowest BCUT2D eigenvalue weighted by molar-refractivity contribution is 0.0862. The Balaban J connectivity index is 1.78. The van der Waals surface area contributed by atoms with Crippen molar-refractivity contribution >= 4 is 5.91 Å². The molecule has 1 aromatic carbocycles.